The van der Waals surface area contributed by atoms with Gasteiger partial charge in [-0.2, -0.15) is 0 Å². The number of ether oxygens (including phenoxy) is 2. The number of hydrogen-bond acceptors (Lipinski definition) is 6. The van der Waals surface area contributed by atoms with Gasteiger partial charge in [0.25, 0.3) is 0 Å². The average Bonchev–Trinajstić information content (AvgIpc) is 3.30. The fourth-order valence-corrected chi connectivity index (χ4v) is 5.93. The molecule has 6 nitrogen and oxygen atoms in total. The van der Waals surface area contributed by atoms with E-state index >= 15 is 0 Å². The maximum atomic E-state index is 6.55. The first-order chi connectivity index (χ1) is 19.7. The lowest BCUT2D eigenvalue weighted by Crippen LogP contribution is -2.41. The molecule has 4 aromatic carbocycles. The van der Waals surface area contributed by atoms with E-state index in [1.807, 2.05) is 24.3 Å². The van der Waals surface area contributed by atoms with Crippen LogP contribution in [0.15, 0.2) is 60.7 Å². The molecule has 0 aliphatic carbocycles. The van der Waals surface area contributed by atoms with Crippen molar-refractivity contribution in [2.75, 3.05) is 14.2 Å². The van der Waals surface area contributed by atoms with Crippen LogP contribution in [0.25, 0.3) is 32.7 Å². The van der Waals surface area contributed by atoms with E-state index in [2.05, 4.69) is 91.8 Å². The highest BCUT2D eigenvalue weighted by molar-refractivity contribution is 6.65. The zero-order chi connectivity index (χ0) is 30.2. The van der Waals surface area contributed by atoms with Crippen LogP contribution in [-0.4, -0.2) is 50.9 Å². The fraction of sp³-hybridized carbons (Fsp3) is 0.412. The summed E-state index contributed by atoms with van der Waals surface area (Å²) in [5.74, 6) is 1.36. The highest BCUT2D eigenvalue weighted by Gasteiger charge is 2.54. The van der Waals surface area contributed by atoms with Crippen LogP contribution in [-0.2, 0) is 18.6 Å². The third kappa shape index (κ3) is 4.34. The van der Waals surface area contributed by atoms with Crippen LogP contribution in [0.3, 0.4) is 0 Å². The zero-order valence-electron chi connectivity index (χ0n) is 26.4. The van der Waals surface area contributed by atoms with Crippen molar-refractivity contribution in [1.29, 1.82) is 0 Å². The largest absolute Gasteiger partial charge is 0.498 e. The van der Waals surface area contributed by atoms with Crippen molar-refractivity contribution in [2.45, 2.75) is 77.8 Å². The normalized spacial score (nSPS) is 20.4. The van der Waals surface area contributed by atoms with Gasteiger partial charge in [-0.25, -0.2) is 0 Å². The maximum absolute atomic E-state index is 6.55. The molecule has 2 heterocycles. The Morgan fingerprint density at radius 2 is 0.810 bits per heavy atom. The molecule has 42 heavy (non-hydrogen) atoms. The van der Waals surface area contributed by atoms with E-state index in [-0.39, 0.29) is 0 Å². The van der Waals surface area contributed by atoms with Gasteiger partial charge in [0.2, 0.25) is 0 Å². The van der Waals surface area contributed by atoms with Gasteiger partial charge in [-0.05, 0) is 76.9 Å². The molecule has 2 aliphatic rings. The Balaban J connectivity index is 1.69. The average molecular weight is 566 g/mol. The monoisotopic (exact) mass is 566 g/mol. The Kier molecular flexibility index (Phi) is 6.74. The molecule has 2 saturated heterocycles. The van der Waals surface area contributed by atoms with Crippen LogP contribution < -0.4 is 20.4 Å². The molecular weight excluding hydrogens is 526 g/mol. The van der Waals surface area contributed by atoms with Crippen molar-refractivity contribution in [3.05, 3.63) is 60.7 Å². The predicted octanol–water partition coefficient (Wildman–Crippen LogP) is 6.28. The molecule has 4 aromatic rings. The van der Waals surface area contributed by atoms with Gasteiger partial charge >= 0.3 is 14.2 Å². The van der Waals surface area contributed by atoms with Crippen LogP contribution in [0.2, 0.25) is 0 Å². The van der Waals surface area contributed by atoms with E-state index in [0.717, 1.165) is 43.6 Å². The molecule has 0 radical (unpaired) electrons. The highest BCUT2D eigenvalue weighted by atomic mass is 16.7. The molecule has 0 atom stereocenters. The van der Waals surface area contributed by atoms with Gasteiger partial charge in [-0.15, -0.1) is 0 Å². The summed E-state index contributed by atoms with van der Waals surface area (Å²) in [6, 6.07) is 20.9. The van der Waals surface area contributed by atoms with Gasteiger partial charge in [-0.3, -0.25) is 0 Å². The van der Waals surface area contributed by atoms with Crippen LogP contribution in [0.4, 0.5) is 0 Å². The SMILES string of the molecule is COc1c(B2OC(C)(C)C(C)(C)O2)cc2ccccc2c1-c1c(OC)c(B2OC(C)(C)C(C)(C)O2)cc2ccccc12. The van der Waals surface area contributed by atoms with E-state index in [0.29, 0.717) is 11.5 Å². The topological polar surface area (TPSA) is 55.4 Å². The van der Waals surface area contributed by atoms with Crippen LogP contribution in [0.1, 0.15) is 55.4 Å². The standard InChI is InChI=1S/C34H40B2O6/c1-31(2)32(3,4)40-35(39-31)25-19-21-15-11-13-17-23(21)27(29(25)37-9)28-24-18-14-12-16-22(24)20-26(30(28)38-10)36-41-33(5,6)34(7,8)42-36/h11-20H,1-10H3. The van der Waals surface area contributed by atoms with Crippen molar-refractivity contribution in [2.24, 2.45) is 0 Å². The third-order valence-corrected chi connectivity index (χ3v) is 9.73. The summed E-state index contributed by atoms with van der Waals surface area (Å²) in [6.45, 7) is 16.5. The molecule has 0 unspecified atom stereocenters. The quantitative estimate of drug-likeness (QED) is 0.266. The molecule has 0 spiro atoms. The summed E-state index contributed by atoms with van der Waals surface area (Å²) in [7, 11) is 2.18. The second-order valence-electron chi connectivity index (χ2n) is 13.4. The van der Waals surface area contributed by atoms with Gasteiger partial charge < -0.3 is 28.1 Å². The molecule has 218 valence electrons. The van der Waals surface area contributed by atoms with Crippen molar-refractivity contribution in [3.63, 3.8) is 0 Å². The summed E-state index contributed by atoms with van der Waals surface area (Å²) in [5.41, 5.74) is 1.46. The minimum atomic E-state index is -0.614. The molecule has 0 saturated carbocycles. The summed E-state index contributed by atoms with van der Waals surface area (Å²) in [5, 5.41) is 4.16. The molecule has 0 amide bonds. The van der Waals surface area contributed by atoms with E-state index in [4.69, 9.17) is 28.1 Å². The van der Waals surface area contributed by atoms with Gasteiger partial charge in [0.1, 0.15) is 11.5 Å². The second kappa shape index (κ2) is 9.75. The molecule has 0 N–H and O–H groups in total. The molecule has 6 rings (SSSR count). The van der Waals surface area contributed by atoms with Crippen LogP contribution in [0, 0.1) is 0 Å². The van der Waals surface area contributed by atoms with Crippen LogP contribution >= 0.6 is 0 Å². The second-order valence-corrected chi connectivity index (χ2v) is 13.4. The van der Waals surface area contributed by atoms with Gasteiger partial charge in [0.05, 0.1) is 36.6 Å². The zero-order valence-corrected chi connectivity index (χ0v) is 26.4. The van der Waals surface area contributed by atoms with Gasteiger partial charge in [0.15, 0.2) is 0 Å². The van der Waals surface area contributed by atoms with E-state index in [1.54, 1.807) is 14.2 Å². The Morgan fingerprint density at radius 3 is 1.12 bits per heavy atom. The molecular formula is C34H40B2O6. The lowest BCUT2D eigenvalue weighted by molar-refractivity contribution is 0.00578. The maximum Gasteiger partial charge on any atom is 0.498 e. The number of methoxy groups -OCH3 is 2. The first kappa shape index (κ1) is 29.1. The molecule has 0 aromatic heterocycles. The summed E-state index contributed by atoms with van der Waals surface area (Å²) < 4.78 is 38.8. The molecule has 2 aliphatic heterocycles. The van der Waals surface area contributed by atoms with Crippen molar-refractivity contribution < 1.29 is 28.1 Å². The minimum Gasteiger partial charge on any atom is -0.496 e. The van der Waals surface area contributed by atoms with Crippen LogP contribution in [0.5, 0.6) is 11.5 Å². The number of fused-ring (bicyclic) bond motifs is 2. The van der Waals surface area contributed by atoms with Gasteiger partial charge in [0, 0.05) is 22.1 Å². The van der Waals surface area contributed by atoms with E-state index < -0.39 is 36.6 Å². The highest BCUT2D eigenvalue weighted by Crippen LogP contribution is 2.47. The van der Waals surface area contributed by atoms with Crippen molar-refractivity contribution >= 4 is 46.7 Å². The van der Waals surface area contributed by atoms with E-state index in [9.17, 15) is 0 Å². The third-order valence-electron chi connectivity index (χ3n) is 9.73. The molecule has 2 fully saturated rings. The summed E-state index contributed by atoms with van der Waals surface area (Å²) >= 11 is 0. The summed E-state index contributed by atoms with van der Waals surface area (Å²) in [6.07, 6.45) is 0. The van der Waals surface area contributed by atoms with Gasteiger partial charge in [-0.1, -0.05) is 60.7 Å². The smallest absolute Gasteiger partial charge is 0.496 e. The number of rotatable bonds is 5. The number of benzene rings is 4. The molecule has 0 bridgehead atoms. The molecule has 8 heteroatoms. The number of hydrogen-bond donors (Lipinski definition) is 0. The van der Waals surface area contributed by atoms with Crippen molar-refractivity contribution in [1.82, 2.24) is 0 Å². The Hall–Kier alpha value is -3.03. The lowest BCUT2D eigenvalue weighted by atomic mass is 9.72. The first-order valence-corrected chi connectivity index (χ1v) is 14.6. The predicted molar refractivity (Wildman–Crippen MR) is 171 cm³/mol. The fourth-order valence-electron chi connectivity index (χ4n) is 5.93. The minimum absolute atomic E-state index is 0.504. The van der Waals surface area contributed by atoms with E-state index in [1.165, 1.54) is 0 Å². The Morgan fingerprint density at radius 1 is 0.500 bits per heavy atom. The first-order valence-electron chi connectivity index (χ1n) is 14.6. The Bertz CT molecular complexity index is 1540. The van der Waals surface area contributed by atoms with Crippen molar-refractivity contribution in [3.8, 4) is 22.6 Å². The lowest BCUT2D eigenvalue weighted by Gasteiger charge is -2.32. The summed E-state index contributed by atoms with van der Waals surface area (Å²) in [4.78, 5) is 0. The Labute approximate surface area is 249 Å².